The molecule has 2 aromatic heterocycles. The Bertz CT molecular complexity index is 1020. The zero-order chi connectivity index (χ0) is 20.6. The van der Waals surface area contributed by atoms with Crippen LogP contribution < -0.4 is 9.47 Å². The van der Waals surface area contributed by atoms with Crippen molar-refractivity contribution in [2.24, 2.45) is 0 Å². The van der Waals surface area contributed by atoms with Gasteiger partial charge in [-0.05, 0) is 45.0 Å². The number of para-hydroxylation sites is 2. The summed E-state index contributed by atoms with van der Waals surface area (Å²) in [6.45, 7) is 7.36. The summed E-state index contributed by atoms with van der Waals surface area (Å²) in [5, 5.41) is 4.84. The fourth-order valence-corrected chi connectivity index (χ4v) is 3.56. The summed E-state index contributed by atoms with van der Waals surface area (Å²) in [5.41, 5.74) is 1.86. The average molecular weight is 394 g/mol. The maximum atomic E-state index is 12.8. The first-order valence-electron chi connectivity index (χ1n) is 9.66. The molecule has 1 aliphatic heterocycles. The van der Waals surface area contributed by atoms with Gasteiger partial charge in [0.25, 0.3) is 5.91 Å². The van der Waals surface area contributed by atoms with Crippen molar-refractivity contribution in [1.29, 1.82) is 0 Å². The SMILES string of the molecule is COc1ccccc1OCC(=O)N1Cc2nn(C(C)(C)C)c(-n3cccc3)c2C1. The van der Waals surface area contributed by atoms with Crippen LogP contribution in [-0.2, 0) is 23.4 Å². The summed E-state index contributed by atoms with van der Waals surface area (Å²) < 4.78 is 15.1. The van der Waals surface area contributed by atoms with Crippen molar-refractivity contribution in [1.82, 2.24) is 19.2 Å². The number of carbonyl (C=O) groups is 1. The lowest BCUT2D eigenvalue weighted by molar-refractivity contribution is -0.134. The monoisotopic (exact) mass is 394 g/mol. The topological polar surface area (TPSA) is 61.5 Å². The van der Waals surface area contributed by atoms with Gasteiger partial charge in [-0.2, -0.15) is 5.10 Å². The number of benzene rings is 1. The van der Waals surface area contributed by atoms with Gasteiger partial charge in [0.1, 0.15) is 5.82 Å². The Balaban J connectivity index is 1.53. The number of methoxy groups -OCH3 is 1. The first-order valence-corrected chi connectivity index (χ1v) is 9.66. The molecule has 0 bridgehead atoms. The van der Waals surface area contributed by atoms with E-state index in [0.29, 0.717) is 24.6 Å². The predicted octanol–water partition coefficient (Wildman–Crippen LogP) is 3.36. The van der Waals surface area contributed by atoms with E-state index >= 15 is 0 Å². The quantitative estimate of drug-likeness (QED) is 0.666. The Morgan fingerprint density at radius 3 is 2.41 bits per heavy atom. The Labute approximate surface area is 170 Å². The van der Waals surface area contributed by atoms with Gasteiger partial charge in [0.05, 0.1) is 31.4 Å². The van der Waals surface area contributed by atoms with Crippen LogP contribution in [-0.4, -0.2) is 38.9 Å². The number of nitrogens with zero attached hydrogens (tertiary/aromatic N) is 4. The highest BCUT2D eigenvalue weighted by Gasteiger charge is 2.33. The first kappa shape index (κ1) is 19.1. The average Bonchev–Trinajstić information content (AvgIpc) is 3.41. The maximum absolute atomic E-state index is 12.8. The number of aromatic nitrogens is 3. The molecule has 29 heavy (non-hydrogen) atoms. The molecule has 0 aliphatic carbocycles. The second-order valence-corrected chi connectivity index (χ2v) is 8.11. The van der Waals surface area contributed by atoms with E-state index < -0.39 is 0 Å². The summed E-state index contributed by atoms with van der Waals surface area (Å²) >= 11 is 0. The zero-order valence-corrected chi connectivity index (χ0v) is 17.3. The van der Waals surface area contributed by atoms with Crippen LogP contribution in [0.1, 0.15) is 32.0 Å². The van der Waals surface area contributed by atoms with E-state index in [2.05, 4.69) is 25.3 Å². The van der Waals surface area contributed by atoms with Crippen molar-refractivity contribution in [3.63, 3.8) is 0 Å². The molecule has 1 aliphatic rings. The second-order valence-electron chi connectivity index (χ2n) is 8.11. The van der Waals surface area contributed by atoms with E-state index in [1.165, 1.54) is 0 Å². The molecule has 0 fully saturated rings. The van der Waals surface area contributed by atoms with E-state index in [-0.39, 0.29) is 18.1 Å². The molecule has 0 radical (unpaired) electrons. The minimum atomic E-state index is -0.161. The van der Waals surface area contributed by atoms with Gasteiger partial charge in [0, 0.05) is 18.0 Å². The number of ether oxygens (including phenoxy) is 2. The van der Waals surface area contributed by atoms with Crippen LogP contribution in [0.4, 0.5) is 0 Å². The fourth-order valence-electron chi connectivity index (χ4n) is 3.56. The summed E-state index contributed by atoms with van der Waals surface area (Å²) in [4.78, 5) is 14.6. The zero-order valence-electron chi connectivity index (χ0n) is 17.3. The number of hydrogen-bond donors (Lipinski definition) is 0. The minimum Gasteiger partial charge on any atom is -0.493 e. The Hall–Kier alpha value is -3.22. The van der Waals surface area contributed by atoms with Crippen LogP contribution in [0, 0.1) is 0 Å². The highest BCUT2D eigenvalue weighted by molar-refractivity contribution is 5.78. The van der Waals surface area contributed by atoms with E-state index in [1.807, 2.05) is 47.4 Å². The lowest BCUT2D eigenvalue weighted by Crippen LogP contribution is -2.32. The molecule has 1 amide bonds. The molecule has 152 valence electrons. The minimum absolute atomic E-state index is 0.0389. The molecule has 0 atom stereocenters. The fraction of sp³-hybridized carbons (Fsp3) is 0.364. The van der Waals surface area contributed by atoms with Crippen molar-refractivity contribution in [3.05, 3.63) is 60.0 Å². The van der Waals surface area contributed by atoms with Gasteiger partial charge in [-0.25, -0.2) is 4.68 Å². The number of carbonyl (C=O) groups excluding carboxylic acids is 1. The molecule has 0 N–H and O–H groups in total. The van der Waals surface area contributed by atoms with Crippen LogP contribution in [0.2, 0.25) is 0 Å². The van der Waals surface area contributed by atoms with Crippen LogP contribution in [0.3, 0.4) is 0 Å². The molecule has 3 heterocycles. The predicted molar refractivity (Wildman–Crippen MR) is 109 cm³/mol. The molecule has 4 rings (SSSR count). The maximum Gasteiger partial charge on any atom is 0.261 e. The molecule has 0 saturated heterocycles. The van der Waals surface area contributed by atoms with Crippen molar-refractivity contribution in [2.45, 2.75) is 39.4 Å². The number of fused-ring (bicyclic) bond motifs is 1. The number of rotatable bonds is 5. The van der Waals surface area contributed by atoms with Crippen molar-refractivity contribution in [2.75, 3.05) is 13.7 Å². The van der Waals surface area contributed by atoms with E-state index in [4.69, 9.17) is 14.6 Å². The van der Waals surface area contributed by atoms with E-state index in [1.54, 1.807) is 18.1 Å². The molecule has 1 aromatic carbocycles. The number of amides is 1. The Morgan fingerprint density at radius 2 is 1.76 bits per heavy atom. The molecule has 7 nitrogen and oxygen atoms in total. The molecular weight excluding hydrogens is 368 g/mol. The van der Waals surface area contributed by atoms with Gasteiger partial charge in [0.2, 0.25) is 0 Å². The van der Waals surface area contributed by atoms with Gasteiger partial charge in [-0.1, -0.05) is 12.1 Å². The van der Waals surface area contributed by atoms with Crippen LogP contribution in [0.5, 0.6) is 11.5 Å². The highest BCUT2D eigenvalue weighted by atomic mass is 16.5. The molecule has 0 saturated carbocycles. The number of hydrogen-bond acceptors (Lipinski definition) is 4. The normalized spacial score (nSPS) is 13.4. The highest BCUT2D eigenvalue weighted by Crippen LogP contribution is 2.32. The third-order valence-corrected chi connectivity index (χ3v) is 4.99. The van der Waals surface area contributed by atoms with E-state index in [9.17, 15) is 4.79 Å². The molecule has 3 aromatic rings. The van der Waals surface area contributed by atoms with Crippen LogP contribution in [0.15, 0.2) is 48.8 Å². The van der Waals surface area contributed by atoms with E-state index in [0.717, 1.165) is 17.1 Å². The van der Waals surface area contributed by atoms with Crippen LogP contribution in [0.25, 0.3) is 5.82 Å². The van der Waals surface area contributed by atoms with Gasteiger partial charge >= 0.3 is 0 Å². The molecular formula is C22H26N4O3. The van der Waals surface area contributed by atoms with Crippen molar-refractivity contribution < 1.29 is 14.3 Å². The summed E-state index contributed by atoms with van der Waals surface area (Å²) in [6.07, 6.45) is 4.02. The summed E-state index contributed by atoms with van der Waals surface area (Å²) in [5.74, 6) is 2.11. The van der Waals surface area contributed by atoms with Crippen molar-refractivity contribution >= 4 is 5.91 Å². The smallest absolute Gasteiger partial charge is 0.261 e. The first-order chi connectivity index (χ1) is 13.9. The summed E-state index contributed by atoms with van der Waals surface area (Å²) in [7, 11) is 1.58. The lowest BCUT2D eigenvalue weighted by Gasteiger charge is -2.24. The lowest BCUT2D eigenvalue weighted by atomic mass is 10.1. The second kappa shape index (κ2) is 7.31. The Morgan fingerprint density at radius 1 is 1.07 bits per heavy atom. The van der Waals surface area contributed by atoms with Gasteiger partial charge in [0.15, 0.2) is 18.1 Å². The molecule has 0 unspecified atom stereocenters. The summed E-state index contributed by atoms with van der Waals surface area (Å²) in [6, 6.07) is 11.3. The standard InChI is InChI=1S/C22H26N4O3/c1-22(2,3)26-21(24-11-7-8-12-24)16-13-25(14-17(16)23-26)20(27)15-29-19-10-6-5-9-18(19)28-4/h5-12H,13-15H2,1-4H3. The third kappa shape index (κ3) is 3.60. The largest absolute Gasteiger partial charge is 0.493 e. The third-order valence-electron chi connectivity index (χ3n) is 4.99. The molecule has 7 heteroatoms. The van der Waals surface area contributed by atoms with Gasteiger partial charge in [-0.3, -0.25) is 4.79 Å². The van der Waals surface area contributed by atoms with Crippen molar-refractivity contribution in [3.8, 4) is 17.3 Å². The Kier molecular flexibility index (Phi) is 4.82. The van der Waals surface area contributed by atoms with Gasteiger partial charge in [-0.15, -0.1) is 0 Å². The van der Waals surface area contributed by atoms with Gasteiger partial charge < -0.3 is 18.9 Å². The molecule has 0 spiro atoms. The van der Waals surface area contributed by atoms with Crippen LogP contribution >= 0.6 is 0 Å².